The molecule has 1 spiro atoms. The van der Waals surface area contributed by atoms with Gasteiger partial charge in [0.2, 0.25) is 11.6 Å². The first-order valence-electron chi connectivity index (χ1n) is 6.47. The lowest BCUT2D eigenvalue weighted by Gasteiger charge is -2.37. The summed E-state index contributed by atoms with van der Waals surface area (Å²) in [7, 11) is 0. The summed E-state index contributed by atoms with van der Waals surface area (Å²) in [6.45, 7) is 7.91. The second kappa shape index (κ2) is 3.54. The summed E-state index contributed by atoms with van der Waals surface area (Å²) in [6, 6.07) is 0. The van der Waals surface area contributed by atoms with E-state index >= 15 is 0 Å². The number of fused-ring (bicyclic) bond motifs is 1. The molecular formula is C13H20O5. The number of hydrogen-bond acceptors (Lipinski definition) is 5. The summed E-state index contributed by atoms with van der Waals surface area (Å²) in [5.74, 6) is -1.97. The highest BCUT2D eigenvalue weighted by Crippen LogP contribution is 2.45. The monoisotopic (exact) mass is 256 g/mol. The highest BCUT2D eigenvalue weighted by Gasteiger charge is 2.61. The van der Waals surface area contributed by atoms with E-state index in [9.17, 15) is 4.79 Å². The number of hydrogen-bond donors (Lipinski definition) is 0. The quantitative estimate of drug-likeness (QED) is 0.655. The summed E-state index contributed by atoms with van der Waals surface area (Å²) in [4.78, 5) is 12.6. The first-order chi connectivity index (χ1) is 8.23. The highest BCUT2D eigenvalue weighted by molar-refractivity contribution is 5.91. The topological polar surface area (TPSA) is 54.0 Å². The molecule has 0 radical (unpaired) electrons. The van der Waals surface area contributed by atoms with Crippen LogP contribution in [0.1, 0.15) is 40.5 Å². The number of carbonyl (C=O) groups is 1. The fourth-order valence-electron chi connectivity index (χ4n) is 2.97. The number of rotatable bonds is 0. The van der Waals surface area contributed by atoms with Gasteiger partial charge in [-0.2, -0.15) is 0 Å². The van der Waals surface area contributed by atoms with Gasteiger partial charge in [0.05, 0.1) is 12.2 Å². The number of carbonyl (C=O) groups excluding carboxylic acids is 1. The molecule has 102 valence electrons. The van der Waals surface area contributed by atoms with E-state index in [1.165, 1.54) is 0 Å². The van der Waals surface area contributed by atoms with Gasteiger partial charge in [0, 0.05) is 6.42 Å². The number of ether oxygens (including phenoxy) is 4. The van der Waals surface area contributed by atoms with Gasteiger partial charge in [-0.25, -0.2) is 0 Å². The Morgan fingerprint density at radius 1 is 1.11 bits per heavy atom. The summed E-state index contributed by atoms with van der Waals surface area (Å²) in [5, 5.41) is 0. The van der Waals surface area contributed by atoms with Crippen molar-refractivity contribution in [1.82, 2.24) is 0 Å². The lowest BCUT2D eigenvalue weighted by atomic mass is 9.95. The van der Waals surface area contributed by atoms with Crippen molar-refractivity contribution < 1.29 is 23.7 Å². The fourth-order valence-corrected chi connectivity index (χ4v) is 2.97. The lowest BCUT2D eigenvalue weighted by molar-refractivity contribution is -0.259. The van der Waals surface area contributed by atoms with Gasteiger partial charge < -0.3 is 18.9 Å². The molecule has 3 rings (SSSR count). The summed E-state index contributed by atoms with van der Waals surface area (Å²) in [6.07, 6.45) is 0.514. The van der Waals surface area contributed by atoms with E-state index in [1.54, 1.807) is 0 Å². The fraction of sp³-hybridized carbons (Fsp3) is 0.923. The largest absolute Gasteiger partial charge is 0.342 e. The molecule has 0 unspecified atom stereocenters. The van der Waals surface area contributed by atoms with Crippen LogP contribution in [0.4, 0.5) is 0 Å². The van der Waals surface area contributed by atoms with Crippen molar-refractivity contribution in [2.75, 3.05) is 6.61 Å². The maximum atomic E-state index is 12.6. The minimum atomic E-state index is -1.12. The predicted molar refractivity (Wildman–Crippen MR) is 61.9 cm³/mol. The molecule has 18 heavy (non-hydrogen) atoms. The van der Waals surface area contributed by atoms with Crippen LogP contribution in [0.3, 0.4) is 0 Å². The van der Waals surface area contributed by atoms with Crippen LogP contribution in [0.2, 0.25) is 0 Å². The molecule has 0 aromatic carbocycles. The Kier molecular flexibility index (Phi) is 2.46. The lowest BCUT2D eigenvalue weighted by Crippen LogP contribution is -2.57. The molecule has 3 aliphatic rings. The highest BCUT2D eigenvalue weighted by atomic mass is 16.8. The Morgan fingerprint density at radius 2 is 1.83 bits per heavy atom. The Balaban J connectivity index is 1.84. The van der Waals surface area contributed by atoms with E-state index in [-0.39, 0.29) is 17.5 Å². The molecule has 3 heterocycles. The molecule has 0 aromatic heterocycles. The molecule has 0 aliphatic carbocycles. The van der Waals surface area contributed by atoms with E-state index in [0.717, 1.165) is 6.42 Å². The second-order valence-corrected chi connectivity index (χ2v) is 6.38. The third-order valence-corrected chi connectivity index (χ3v) is 3.80. The van der Waals surface area contributed by atoms with Crippen LogP contribution in [-0.2, 0) is 23.7 Å². The van der Waals surface area contributed by atoms with Gasteiger partial charge in [-0.3, -0.25) is 4.79 Å². The molecule has 0 saturated carbocycles. The van der Waals surface area contributed by atoms with E-state index in [1.807, 2.05) is 27.7 Å². The van der Waals surface area contributed by atoms with Gasteiger partial charge in [-0.15, -0.1) is 0 Å². The normalized spacial score (nSPS) is 45.4. The van der Waals surface area contributed by atoms with E-state index in [0.29, 0.717) is 13.0 Å². The van der Waals surface area contributed by atoms with Crippen molar-refractivity contribution in [2.24, 2.45) is 0 Å². The molecule has 0 bridgehead atoms. The number of ketones is 1. The van der Waals surface area contributed by atoms with Crippen LogP contribution < -0.4 is 0 Å². The summed E-state index contributed by atoms with van der Waals surface area (Å²) in [5.41, 5.74) is -0.322. The molecule has 0 aromatic rings. The zero-order valence-electron chi connectivity index (χ0n) is 11.3. The van der Waals surface area contributed by atoms with Crippen LogP contribution in [0, 0.1) is 0 Å². The first-order valence-corrected chi connectivity index (χ1v) is 6.47. The van der Waals surface area contributed by atoms with Crippen LogP contribution in [0.25, 0.3) is 0 Å². The zero-order chi connectivity index (χ0) is 13.2. The Hall–Kier alpha value is -0.490. The zero-order valence-corrected chi connectivity index (χ0v) is 11.3. The molecular weight excluding hydrogens is 236 g/mol. The molecule has 3 atom stereocenters. The molecule has 0 amide bonds. The Morgan fingerprint density at radius 3 is 2.44 bits per heavy atom. The molecule has 5 heteroatoms. The summed E-state index contributed by atoms with van der Waals surface area (Å²) < 4.78 is 22.9. The van der Waals surface area contributed by atoms with Crippen molar-refractivity contribution in [3.05, 3.63) is 0 Å². The minimum absolute atomic E-state index is 0.130. The van der Waals surface area contributed by atoms with Crippen LogP contribution >= 0.6 is 0 Å². The second-order valence-electron chi connectivity index (χ2n) is 6.38. The summed E-state index contributed by atoms with van der Waals surface area (Å²) >= 11 is 0. The molecule has 3 saturated heterocycles. The predicted octanol–water partition coefficient (Wildman–Crippen LogP) is 1.39. The van der Waals surface area contributed by atoms with Gasteiger partial charge in [0.15, 0.2) is 11.9 Å². The van der Waals surface area contributed by atoms with Gasteiger partial charge in [-0.1, -0.05) is 0 Å². The molecule has 3 fully saturated rings. The SMILES string of the molecule is CC1(C)CC[C@@]2(OC[C@@H]3OC(C)(C)O[C@@H]3C2=O)O1. The van der Waals surface area contributed by atoms with Crippen LogP contribution in [0.5, 0.6) is 0 Å². The third-order valence-electron chi connectivity index (χ3n) is 3.80. The molecule has 5 nitrogen and oxygen atoms in total. The maximum Gasteiger partial charge on any atom is 0.232 e. The van der Waals surface area contributed by atoms with Crippen molar-refractivity contribution in [1.29, 1.82) is 0 Å². The van der Waals surface area contributed by atoms with Gasteiger partial charge in [0.1, 0.15) is 6.10 Å². The smallest absolute Gasteiger partial charge is 0.232 e. The van der Waals surface area contributed by atoms with Crippen molar-refractivity contribution in [3.63, 3.8) is 0 Å². The third kappa shape index (κ3) is 1.81. The standard InChI is InChI=1S/C13H20O5/c1-11(2)5-6-13(18-11)10(14)9-8(7-15-13)16-12(3,4)17-9/h8-9H,5-7H2,1-4H3/t8-,9-,13+/m0/s1. The maximum absolute atomic E-state index is 12.6. The van der Waals surface area contributed by atoms with Crippen LogP contribution in [-0.4, -0.2) is 41.8 Å². The average Bonchev–Trinajstić information content (AvgIpc) is 2.71. The van der Waals surface area contributed by atoms with Gasteiger partial charge in [-0.05, 0) is 34.1 Å². The van der Waals surface area contributed by atoms with Crippen LogP contribution in [0.15, 0.2) is 0 Å². The Labute approximate surface area is 107 Å². The molecule has 3 aliphatic heterocycles. The van der Waals surface area contributed by atoms with Crippen molar-refractivity contribution >= 4 is 5.78 Å². The first kappa shape index (κ1) is 12.5. The minimum Gasteiger partial charge on any atom is -0.342 e. The van der Waals surface area contributed by atoms with E-state index in [4.69, 9.17) is 18.9 Å². The number of Topliss-reactive ketones (excluding diaryl/α,β-unsaturated/α-hetero) is 1. The van der Waals surface area contributed by atoms with Crippen molar-refractivity contribution in [2.45, 2.75) is 69.9 Å². The van der Waals surface area contributed by atoms with E-state index in [2.05, 4.69) is 0 Å². The van der Waals surface area contributed by atoms with Crippen molar-refractivity contribution in [3.8, 4) is 0 Å². The molecule has 0 N–H and O–H groups in total. The van der Waals surface area contributed by atoms with Gasteiger partial charge >= 0.3 is 0 Å². The van der Waals surface area contributed by atoms with E-state index < -0.39 is 17.7 Å². The average molecular weight is 256 g/mol. The van der Waals surface area contributed by atoms with Gasteiger partial charge in [0.25, 0.3) is 0 Å². The Bertz CT molecular complexity index is 387.